The highest BCUT2D eigenvalue weighted by Crippen LogP contribution is 2.72. The van der Waals surface area contributed by atoms with Gasteiger partial charge in [0.05, 0.1) is 12.0 Å². The summed E-state index contributed by atoms with van der Waals surface area (Å²) in [6.07, 6.45) is 9.85. The minimum Gasteiger partial charge on any atom is -0.481 e. The van der Waals surface area contributed by atoms with E-state index in [2.05, 4.69) is 55.0 Å². The molecule has 2 N–H and O–H groups in total. The van der Waals surface area contributed by atoms with Crippen LogP contribution in [-0.4, -0.2) is 22.3 Å². The van der Waals surface area contributed by atoms with Gasteiger partial charge in [-0.05, 0) is 91.3 Å². The quantitative estimate of drug-likeness (QED) is 0.389. The van der Waals surface area contributed by atoms with E-state index in [1.54, 1.807) is 11.1 Å². The first kappa shape index (κ1) is 26.0. The van der Waals surface area contributed by atoms with Crippen molar-refractivity contribution in [3.63, 3.8) is 0 Å². The van der Waals surface area contributed by atoms with Crippen LogP contribution in [0, 0.1) is 45.3 Å². The van der Waals surface area contributed by atoms with Gasteiger partial charge in [-0.15, -0.1) is 0 Å². The van der Waals surface area contributed by atoms with Crippen molar-refractivity contribution < 1.29 is 15.0 Å². The minimum atomic E-state index is -0.740. The number of hydrogen-bond donors (Lipinski definition) is 2. The number of fused-ring (bicyclic) bond motifs is 4. The van der Waals surface area contributed by atoms with Gasteiger partial charge in [0.15, 0.2) is 0 Å². The van der Waals surface area contributed by atoms with Gasteiger partial charge in [-0.25, -0.2) is 0 Å². The zero-order valence-electron chi connectivity index (χ0n) is 23.0. The van der Waals surface area contributed by atoms with Gasteiger partial charge >= 0.3 is 5.97 Å². The van der Waals surface area contributed by atoms with E-state index in [9.17, 15) is 15.0 Å². The lowest BCUT2D eigenvalue weighted by Crippen LogP contribution is -2.52. The van der Waals surface area contributed by atoms with Gasteiger partial charge in [-0.2, -0.15) is 0 Å². The average Bonchev–Trinajstić information content (AvgIpc) is 2.93. The molecule has 4 rings (SSSR count). The van der Waals surface area contributed by atoms with E-state index in [0.717, 1.165) is 37.2 Å². The highest BCUT2D eigenvalue weighted by atomic mass is 16.4. The maximum Gasteiger partial charge on any atom is 0.306 e. The van der Waals surface area contributed by atoms with E-state index >= 15 is 0 Å². The van der Waals surface area contributed by atoms with Crippen LogP contribution >= 0.6 is 0 Å². The summed E-state index contributed by atoms with van der Waals surface area (Å²) >= 11 is 0. The van der Waals surface area contributed by atoms with E-state index in [1.165, 1.54) is 25.7 Å². The molecule has 4 aliphatic rings. The van der Waals surface area contributed by atoms with Crippen molar-refractivity contribution in [2.75, 3.05) is 0 Å². The summed E-state index contributed by atoms with van der Waals surface area (Å²) in [5.74, 6) is -0.355. The maximum absolute atomic E-state index is 12.6. The number of carboxylic acid groups (broad SMARTS) is 1. The Balaban J connectivity index is 1.71. The summed E-state index contributed by atoms with van der Waals surface area (Å²) in [4.78, 5) is 12.6. The molecular formula is C31H50O3. The molecule has 0 spiro atoms. The van der Waals surface area contributed by atoms with Crippen molar-refractivity contribution >= 4 is 5.97 Å². The van der Waals surface area contributed by atoms with Gasteiger partial charge in [-0.3, -0.25) is 4.79 Å². The number of carboxylic acids is 1. The fraction of sp³-hybridized carbons (Fsp3) is 0.839. The average molecular weight is 471 g/mol. The van der Waals surface area contributed by atoms with E-state index in [0.29, 0.717) is 24.2 Å². The minimum absolute atomic E-state index is 0.108. The zero-order valence-corrected chi connectivity index (χ0v) is 23.0. The third-order valence-electron chi connectivity index (χ3n) is 11.9. The lowest BCUT2D eigenvalue weighted by molar-refractivity contribution is -0.149. The van der Waals surface area contributed by atoms with Crippen LogP contribution < -0.4 is 0 Å². The first-order chi connectivity index (χ1) is 15.7. The molecule has 3 heteroatoms. The van der Waals surface area contributed by atoms with Gasteiger partial charge in [0.1, 0.15) is 0 Å². The Morgan fingerprint density at radius 1 is 1.06 bits per heavy atom. The Labute approximate surface area is 208 Å². The molecule has 0 aliphatic heterocycles. The molecule has 0 aromatic heterocycles. The summed E-state index contributed by atoms with van der Waals surface area (Å²) in [6, 6.07) is 0. The van der Waals surface area contributed by atoms with Crippen LogP contribution in [0.2, 0.25) is 0 Å². The molecular weight excluding hydrogens is 420 g/mol. The van der Waals surface area contributed by atoms with Gasteiger partial charge < -0.3 is 10.2 Å². The largest absolute Gasteiger partial charge is 0.481 e. The number of aliphatic hydroxyl groups is 1. The molecule has 2 saturated carbocycles. The second-order valence-corrected chi connectivity index (χ2v) is 14.2. The molecule has 0 heterocycles. The number of aliphatic carboxylic acids is 1. The third kappa shape index (κ3) is 3.66. The molecule has 0 unspecified atom stereocenters. The van der Waals surface area contributed by atoms with Crippen LogP contribution in [0.25, 0.3) is 0 Å². The van der Waals surface area contributed by atoms with Gasteiger partial charge in [0, 0.05) is 5.92 Å². The number of carbonyl (C=O) groups is 1. The van der Waals surface area contributed by atoms with Gasteiger partial charge in [0.2, 0.25) is 0 Å². The van der Waals surface area contributed by atoms with E-state index in [4.69, 9.17) is 0 Å². The first-order valence-electron chi connectivity index (χ1n) is 14.0. The Morgan fingerprint density at radius 3 is 2.35 bits per heavy atom. The molecule has 34 heavy (non-hydrogen) atoms. The van der Waals surface area contributed by atoms with Crippen LogP contribution in [0.5, 0.6) is 0 Å². The van der Waals surface area contributed by atoms with Crippen LogP contribution in [0.15, 0.2) is 23.3 Å². The Bertz CT molecular complexity index is 881. The Kier molecular flexibility index (Phi) is 6.49. The van der Waals surface area contributed by atoms with Crippen molar-refractivity contribution in [2.24, 2.45) is 45.3 Å². The van der Waals surface area contributed by atoms with Crippen LogP contribution in [0.3, 0.4) is 0 Å². The summed E-state index contributed by atoms with van der Waals surface area (Å²) in [5, 5.41) is 21.8. The number of allylic oxidation sites excluding steroid dienone is 3. The molecule has 4 aliphatic carbocycles. The van der Waals surface area contributed by atoms with E-state index in [1.807, 2.05) is 0 Å². The molecule has 0 amide bonds. The van der Waals surface area contributed by atoms with Crippen LogP contribution in [0.1, 0.15) is 113 Å². The molecule has 0 aromatic carbocycles. The van der Waals surface area contributed by atoms with Crippen molar-refractivity contribution in [3.8, 4) is 0 Å². The summed E-state index contributed by atoms with van der Waals surface area (Å²) in [5.41, 5.74) is 4.79. The second-order valence-electron chi connectivity index (χ2n) is 14.2. The van der Waals surface area contributed by atoms with E-state index < -0.39 is 18.0 Å². The lowest BCUT2D eigenvalue weighted by atomic mass is 9.43. The zero-order chi connectivity index (χ0) is 25.3. The molecule has 0 aromatic rings. The summed E-state index contributed by atoms with van der Waals surface area (Å²) in [6.45, 7) is 20.6. The maximum atomic E-state index is 12.6. The first-order valence-corrected chi connectivity index (χ1v) is 14.0. The standard InChI is InChI=1S/C31H50O3/c1-19(2)20(3)10-11-21(27(33)34)26-24(32)18-31(8)23-12-13-25-28(4,5)15-9-16-29(25,6)22(23)14-17-30(26,31)7/h19,21,24-26,32H,3,9-18H2,1-2,4-8H3,(H,33,34)/t21-,24-,25+,26+,29-,30-,31+/m1/s1. The van der Waals surface area contributed by atoms with Crippen LogP contribution in [-0.2, 0) is 4.79 Å². The van der Waals surface area contributed by atoms with Crippen LogP contribution in [0.4, 0.5) is 0 Å². The van der Waals surface area contributed by atoms with Gasteiger partial charge in [-0.1, -0.05) is 78.2 Å². The number of aliphatic hydroxyl groups excluding tert-OH is 1. The van der Waals surface area contributed by atoms with Crippen molar-refractivity contribution in [1.29, 1.82) is 0 Å². The van der Waals surface area contributed by atoms with Gasteiger partial charge in [0.25, 0.3) is 0 Å². The van der Waals surface area contributed by atoms with Crippen molar-refractivity contribution in [1.82, 2.24) is 0 Å². The Hall–Kier alpha value is -1.09. The molecule has 0 saturated heterocycles. The predicted octanol–water partition coefficient (Wildman–Crippen LogP) is 7.79. The molecule has 0 radical (unpaired) electrons. The molecule has 0 bridgehead atoms. The third-order valence-corrected chi connectivity index (χ3v) is 11.9. The number of rotatable bonds is 6. The fourth-order valence-corrected chi connectivity index (χ4v) is 9.69. The molecule has 3 nitrogen and oxygen atoms in total. The number of hydrogen-bond acceptors (Lipinski definition) is 2. The van der Waals surface area contributed by atoms with Crippen molar-refractivity contribution in [3.05, 3.63) is 23.3 Å². The monoisotopic (exact) mass is 470 g/mol. The van der Waals surface area contributed by atoms with E-state index in [-0.39, 0.29) is 22.2 Å². The SMILES string of the molecule is C=C(CC[C@@H](C(=O)O)[C@H]1[C@H](O)C[C@@]2(C)C3=C(CC[C@]12C)[C@@]1(C)CCCC(C)(C)[C@@H]1CC3)C(C)C. The molecule has 192 valence electrons. The Morgan fingerprint density at radius 2 is 1.74 bits per heavy atom. The van der Waals surface area contributed by atoms with Crippen molar-refractivity contribution in [2.45, 2.75) is 119 Å². The smallest absolute Gasteiger partial charge is 0.306 e. The topological polar surface area (TPSA) is 57.5 Å². The summed E-state index contributed by atoms with van der Waals surface area (Å²) < 4.78 is 0. The lowest BCUT2D eigenvalue weighted by Gasteiger charge is -2.61. The summed E-state index contributed by atoms with van der Waals surface area (Å²) in [7, 11) is 0. The molecule has 2 fully saturated rings. The normalized spacial score (nSPS) is 42.1. The second kappa shape index (κ2) is 8.49. The molecule has 7 atom stereocenters. The predicted molar refractivity (Wildman–Crippen MR) is 139 cm³/mol. The highest BCUT2D eigenvalue weighted by molar-refractivity contribution is 5.71. The highest BCUT2D eigenvalue weighted by Gasteiger charge is 2.66. The fourth-order valence-electron chi connectivity index (χ4n) is 9.69.